The molecule has 2 aliphatic carbocycles. The van der Waals surface area contributed by atoms with Crippen LogP contribution in [0.1, 0.15) is 70.0 Å². The summed E-state index contributed by atoms with van der Waals surface area (Å²) in [6.45, 7) is 6.38. The van der Waals surface area contributed by atoms with E-state index >= 15 is 8.78 Å². The van der Waals surface area contributed by atoms with Gasteiger partial charge < -0.3 is 16.0 Å². The number of rotatable bonds is 11. The van der Waals surface area contributed by atoms with Crippen molar-refractivity contribution in [3.8, 4) is 11.1 Å². The number of nitrogens with two attached hydrogens (primary N) is 1. The predicted octanol–water partition coefficient (Wildman–Crippen LogP) is 12.0. The van der Waals surface area contributed by atoms with Crippen LogP contribution in [0, 0.1) is 23.5 Å². The second-order valence-electron chi connectivity index (χ2n) is 17.4. The number of aryl methyl sites for hydroxylation is 1. The minimum atomic E-state index is -5.16. The highest BCUT2D eigenvalue weighted by molar-refractivity contribution is 8.00. The summed E-state index contributed by atoms with van der Waals surface area (Å²) in [7, 11) is 0. The Labute approximate surface area is 418 Å². The largest absolute Gasteiger partial charge is 0.431 e. The Bertz CT molecular complexity index is 2590. The van der Waals surface area contributed by atoms with Crippen LogP contribution in [0.3, 0.4) is 0 Å². The number of carbonyl (C=O) groups excluding carboxylic acids is 2. The van der Waals surface area contributed by atoms with Gasteiger partial charge in [0.1, 0.15) is 36.1 Å². The van der Waals surface area contributed by atoms with Crippen LogP contribution in [0.25, 0.3) is 22.0 Å². The monoisotopic (exact) mass is 1070 g/mol. The number of hydrogen-bond acceptors (Lipinski definition) is 9. The van der Waals surface area contributed by atoms with Crippen molar-refractivity contribution >= 4 is 82.3 Å². The first-order chi connectivity index (χ1) is 32.7. The smallest absolute Gasteiger partial charge is 0.394 e. The Morgan fingerprint density at radius 2 is 1.60 bits per heavy atom. The minimum absolute atomic E-state index is 0.0272. The maximum Gasteiger partial charge on any atom is 0.431 e. The lowest BCUT2D eigenvalue weighted by Crippen LogP contribution is -2.38. The molecule has 3 amide bonds. The molecule has 0 bridgehead atoms. The third-order valence-electron chi connectivity index (χ3n) is 11.5. The highest BCUT2D eigenvalue weighted by Gasteiger charge is 2.68. The number of benzene rings is 2. The number of fused-ring (bicyclic) bond motifs is 2. The van der Waals surface area contributed by atoms with E-state index in [0.29, 0.717) is 34.3 Å². The molecule has 3 fully saturated rings. The van der Waals surface area contributed by atoms with Crippen LogP contribution >= 0.6 is 47.9 Å². The number of aliphatic imine (C=N–C) groups is 1. The maximum absolute atomic E-state index is 15.3. The predicted molar refractivity (Wildman–Crippen MR) is 261 cm³/mol. The van der Waals surface area contributed by atoms with Crippen molar-refractivity contribution in [3.63, 3.8) is 0 Å². The number of anilines is 1. The molecule has 7 rings (SSSR count). The van der Waals surface area contributed by atoms with E-state index in [2.05, 4.69) is 55.1 Å². The van der Waals surface area contributed by atoms with Gasteiger partial charge in [-0.15, -0.1) is 0 Å². The number of nitrogens with zero attached hydrogens (tertiary/aromatic N) is 6. The number of pyridine rings is 1. The fourth-order valence-corrected chi connectivity index (χ4v) is 8.90. The second-order valence-corrected chi connectivity index (χ2v) is 20.2. The summed E-state index contributed by atoms with van der Waals surface area (Å²) in [5.74, 6) is -9.85. The Morgan fingerprint density at radius 3 is 2.14 bits per heavy atom. The molecule has 24 heteroatoms. The Hall–Kier alpha value is -4.35. The maximum atomic E-state index is 15.3. The normalized spacial score (nSPS) is 19.2. The van der Waals surface area contributed by atoms with Crippen LogP contribution in [0.5, 0.6) is 0 Å². The lowest BCUT2D eigenvalue weighted by Gasteiger charge is -2.24. The van der Waals surface area contributed by atoms with Crippen molar-refractivity contribution in [1.82, 2.24) is 25.0 Å². The lowest BCUT2D eigenvalue weighted by atomic mass is 9.93. The Morgan fingerprint density at radius 1 is 1.00 bits per heavy atom. The second kappa shape index (κ2) is 22.6. The number of alkyl halides is 8. The summed E-state index contributed by atoms with van der Waals surface area (Å²) < 4.78 is 146. The number of thiol groups is 1. The van der Waals surface area contributed by atoms with Crippen molar-refractivity contribution in [3.05, 3.63) is 87.3 Å². The quantitative estimate of drug-likeness (QED) is 0.0777. The molecular weight excluding hydrogens is 1020 g/mol. The van der Waals surface area contributed by atoms with Crippen molar-refractivity contribution in [2.75, 3.05) is 42.7 Å². The molecule has 1 aliphatic heterocycles. The van der Waals surface area contributed by atoms with E-state index in [-0.39, 0.29) is 57.0 Å². The van der Waals surface area contributed by atoms with Crippen LogP contribution in [-0.4, -0.2) is 98.7 Å². The van der Waals surface area contributed by atoms with E-state index in [9.17, 15) is 44.7 Å². The molecule has 2 aromatic carbocycles. The van der Waals surface area contributed by atoms with Crippen LogP contribution in [-0.2, 0) is 24.2 Å². The average molecular weight is 1070 g/mol. The number of thioether (sulfide) groups is 1. The van der Waals surface area contributed by atoms with E-state index in [1.54, 1.807) is 19.2 Å². The molecule has 3 atom stereocenters. The van der Waals surface area contributed by atoms with Gasteiger partial charge in [0, 0.05) is 58.5 Å². The number of amides is 3. The highest BCUT2D eigenvalue weighted by atomic mass is 35.5. The molecule has 4 aromatic rings. The summed E-state index contributed by atoms with van der Waals surface area (Å²) in [5.41, 5.74) is 1.55. The SMILES string of the molecule is CCc1ccc(-c2ccc(Cl)c3c(N(SC)C(=O)N4CCCC4)nn(CC(F)(F)F)c23)c(C(Cc2cc(F)cc(F)c2)NC(=O)CN=C2/C(=C(\N)C(F)(F)F)[C@H]3C[C@H]3C2(F)F)n1.CS.CSC(C)(C)C. The van der Waals surface area contributed by atoms with Gasteiger partial charge in [-0.3, -0.25) is 19.5 Å². The summed E-state index contributed by atoms with van der Waals surface area (Å²) in [6, 6.07) is 6.32. The average Bonchev–Trinajstić information content (AvgIpc) is 3.61. The summed E-state index contributed by atoms with van der Waals surface area (Å²) >= 11 is 13.0. The van der Waals surface area contributed by atoms with Gasteiger partial charge in [-0.2, -0.15) is 64.6 Å². The molecule has 0 spiro atoms. The van der Waals surface area contributed by atoms with E-state index in [1.165, 1.54) is 29.4 Å². The fraction of sp³-hybridized carbons (Fsp3) is 0.500. The molecule has 3 N–H and O–H groups in total. The standard InChI is InChI=1S/C40H37ClF10N8O2S.C5H12S.CH4S/c1-3-22-6-7-23(24-8-9-27(41)31-33(24)58(18-38(44,45)46)56-36(31)59(62-2)37(61)57-10-4-5-11-57)32(54-22)28(14-19-12-20(42)15-21(43)13-19)55-29(60)17-53-35-30(34(52)40(49,50)51)25-16-26(25)39(35,47)48;1-5(2,3)6-4;1-2/h6-9,12-13,15,25-26,28H,3-5,10-11,14,16-18,52H2,1-2H3,(H,55,60);1-4H3;2H,1H3/b34-30-,53-35?;;/t25-,26+,28?;;/m0../s1. The van der Waals surface area contributed by atoms with Gasteiger partial charge in [0.05, 0.1) is 27.7 Å². The van der Waals surface area contributed by atoms with E-state index < -0.39 is 96.2 Å². The van der Waals surface area contributed by atoms with E-state index in [4.69, 9.17) is 22.3 Å². The number of aromatic nitrogens is 3. The number of carbonyl (C=O) groups is 2. The molecule has 10 nitrogen and oxygen atoms in total. The molecule has 3 heterocycles. The topological polar surface area (TPSA) is 122 Å². The summed E-state index contributed by atoms with van der Waals surface area (Å²) in [4.78, 5) is 37.3. The van der Waals surface area contributed by atoms with E-state index in [0.717, 1.165) is 41.2 Å². The van der Waals surface area contributed by atoms with Gasteiger partial charge in [-0.25, -0.2) is 17.9 Å². The van der Waals surface area contributed by atoms with Crippen molar-refractivity contribution in [1.29, 1.82) is 0 Å². The molecule has 70 heavy (non-hydrogen) atoms. The number of halogens is 11. The van der Waals surface area contributed by atoms with Gasteiger partial charge in [-0.1, -0.05) is 51.4 Å². The van der Waals surface area contributed by atoms with Crippen LogP contribution in [0.4, 0.5) is 54.5 Å². The zero-order chi connectivity index (χ0) is 52.3. The van der Waals surface area contributed by atoms with Crippen LogP contribution in [0.2, 0.25) is 5.02 Å². The first-order valence-corrected chi connectivity index (χ1v) is 25.5. The van der Waals surface area contributed by atoms with Crippen molar-refractivity contribution < 1.29 is 53.5 Å². The number of allylic oxidation sites excluding steroid dienone is 2. The van der Waals surface area contributed by atoms with Gasteiger partial charge >= 0.3 is 18.4 Å². The molecule has 1 saturated heterocycles. The number of urea groups is 1. The van der Waals surface area contributed by atoms with Crippen molar-refractivity contribution in [2.24, 2.45) is 22.6 Å². The lowest BCUT2D eigenvalue weighted by molar-refractivity contribution is -0.141. The minimum Gasteiger partial charge on any atom is -0.394 e. The highest BCUT2D eigenvalue weighted by Crippen LogP contribution is 2.62. The zero-order valence-electron chi connectivity index (χ0n) is 39.1. The van der Waals surface area contributed by atoms with E-state index in [1.807, 2.05) is 11.8 Å². The summed E-state index contributed by atoms with van der Waals surface area (Å²) in [5, 5.41) is 6.74. The van der Waals surface area contributed by atoms with Gasteiger partial charge in [0.2, 0.25) is 5.91 Å². The first-order valence-electron chi connectivity index (χ1n) is 21.8. The number of likely N-dealkylation sites (tertiary alicyclic amines) is 1. The molecule has 3 aliphatic rings. The first kappa shape index (κ1) is 56.6. The Kier molecular flexibility index (Phi) is 18.3. The van der Waals surface area contributed by atoms with Crippen LogP contribution < -0.4 is 15.4 Å². The third-order valence-corrected chi connectivity index (χ3v) is 13.8. The Balaban J connectivity index is 0.00000106. The molecule has 2 aromatic heterocycles. The molecule has 0 radical (unpaired) electrons. The number of hydrogen-bond donors (Lipinski definition) is 3. The van der Waals surface area contributed by atoms with Gasteiger partial charge in [-0.05, 0) is 92.3 Å². The molecule has 2 saturated carbocycles. The van der Waals surface area contributed by atoms with Gasteiger partial charge in [0.15, 0.2) is 5.82 Å². The zero-order valence-corrected chi connectivity index (χ0v) is 42.4. The van der Waals surface area contributed by atoms with Gasteiger partial charge in [0.25, 0.3) is 5.92 Å². The van der Waals surface area contributed by atoms with Crippen molar-refractivity contribution in [2.45, 2.75) is 95.4 Å². The molecule has 384 valence electrons. The van der Waals surface area contributed by atoms with Crippen LogP contribution in [0.15, 0.2) is 58.7 Å². The third kappa shape index (κ3) is 13.2. The molecular formula is C46H53ClF10N8O2S3. The summed E-state index contributed by atoms with van der Waals surface area (Å²) in [6.07, 6.45) is -3.63. The number of nitrogens with one attached hydrogen (secondary N) is 1. The molecule has 1 unspecified atom stereocenters. The fourth-order valence-electron chi connectivity index (χ4n) is 8.09.